The van der Waals surface area contributed by atoms with Crippen LogP contribution >= 0.6 is 0 Å². The second-order valence-electron chi connectivity index (χ2n) is 6.83. The highest BCUT2D eigenvalue weighted by molar-refractivity contribution is 5.90. The second kappa shape index (κ2) is 13.1. The van der Waals surface area contributed by atoms with Crippen LogP contribution in [0.1, 0.15) is 64.4 Å². The predicted octanol–water partition coefficient (Wildman–Crippen LogP) is 4.30. The lowest BCUT2D eigenvalue weighted by Gasteiger charge is -2.19. The lowest BCUT2D eigenvalue weighted by molar-refractivity contribution is -0.122. The van der Waals surface area contributed by atoms with Crippen molar-refractivity contribution in [2.75, 3.05) is 6.54 Å². The molecule has 144 valence electrons. The Morgan fingerprint density at radius 3 is 2.42 bits per heavy atom. The van der Waals surface area contributed by atoms with Gasteiger partial charge in [-0.3, -0.25) is 4.79 Å². The maximum absolute atomic E-state index is 12.0. The number of hydrogen-bond donors (Lipinski definition) is 2. The molecule has 1 unspecified atom stereocenters. The van der Waals surface area contributed by atoms with Gasteiger partial charge in [0, 0.05) is 18.7 Å². The van der Waals surface area contributed by atoms with Crippen LogP contribution in [0.4, 0.5) is 4.79 Å². The molecule has 3 N–H and O–H groups in total. The third-order valence-corrected chi connectivity index (χ3v) is 4.60. The van der Waals surface area contributed by atoms with Crippen molar-refractivity contribution >= 4 is 18.2 Å². The number of nitrogens with zero attached hydrogens (tertiary/aromatic N) is 1. The van der Waals surface area contributed by atoms with Crippen LogP contribution in [0.3, 0.4) is 0 Å². The first kappa shape index (κ1) is 21.9. The number of amides is 3. The minimum atomic E-state index is -0.324. The minimum Gasteiger partial charge on any atom is -0.369 e. The number of nitrogens with one attached hydrogen (secondary N) is 1. The summed E-state index contributed by atoms with van der Waals surface area (Å²) in [5, 5.41) is 2.89. The fraction of sp³-hybridized carbons (Fsp3) is 0.571. The molecule has 0 saturated heterocycles. The first-order chi connectivity index (χ1) is 12.6. The first-order valence-corrected chi connectivity index (χ1v) is 9.73. The van der Waals surface area contributed by atoms with Crippen LogP contribution in [0, 0.1) is 11.8 Å². The molecular weight excluding hydrogens is 326 g/mol. The molecule has 0 aromatic heterocycles. The Hall–Kier alpha value is -2.17. The van der Waals surface area contributed by atoms with E-state index in [1.807, 2.05) is 30.3 Å². The van der Waals surface area contributed by atoms with Gasteiger partial charge >= 0.3 is 6.03 Å². The number of carbonyl (C=O) groups excluding carboxylic acids is 2. The number of rotatable bonds is 12. The predicted molar refractivity (Wildman–Crippen MR) is 107 cm³/mol. The molecule has 0 heterocycles. The molecule has 5 nitrogen and oxygen atoms in total. The summed E-state index contributed by atoms with van der Waals surface area (Å²) in [5.41, 5.74) is 6.40. The van der Waals surface area contributed by atoms with Crippen molar-refractivity contribution in [1.82, 2.24) is 5.32 Å². The Kier molecular flexibility index (Phi) is 11.0. The van der Waals surface area contributed by atoms with Gasteiger partial charge in [0.1, 0.15) is 0 Å². The van der Waals surface area contributed by atoms with Crippen LogP contribution in [-0.2, 0) is 4.79 Å². The summed E-state index contributed by atoms with van der Waals surface area (Å²) in [6.45, 7) is 4.81. The fourth-order valence-electron chi connectivity index (χ4n) is 3.01. The molecule has 0 fully saturated rings. The van der Waals surface area contributed by atoms with Crippen LogP contribution in [0.25, 0.3) is 0 Å². The van der Waals surface area contributed by atoms with Crippen LogP contribution in [-0.4, -0.2) is 24.7 Å². The molecular formula is C21H33N3O2. The summed E-state index contributed by atoms with van der Waals surface area (Å²) in [7, 11) is 0. The van der Waals surface area contributed by atoms with E-state index >= 15 is 0 Å². The van der Waals surface area contributed by atoms with Gasteiger partial charge in [0.25, 0.3) is 0 Å². The Morgan fingerprint density at radius 2 is 1.81 bits per heavy atom. The molecule has 0 aliphatic heterocycles. The first-order valence-electron chi connectivity index (χ1n) is 9.73. The maximum Gasteiger partial charge on any atom is 0.340 e. The van der Waals surface area contributed by atoms with E-state index in [0.717, 1.165) is 50.5 Å². The van der Waals surface area contributed by atoms with Gasteiger partial charge in [-0.2, -0.15) is 0 Å². The number of benzene rings is 1. The van der Waals surface area contributed by atoms with Gasteiger partial charge < -0.3 is 11.1 Å². The van der Waals surface area contributed by atoms with Crippen LogP contribution < -0.4 is 11.1 Å². The topological polar surface area (TPSA) is 84.5 Å². The van der Waals surface area contributed by atoms with E-state index in [0.29, 0.717) is 12.5 Å². The summed E-state index contributed by atoms with van der Waals surface area (Å²) in [6, 6.07) is 9.22. The number of nitrogens with two attached hydrogens (primary N) is 1. The smallest absolute Gasteiger partial charge is 0.340 e. The molecule has 0 aliphatic rings. The van der Waals surface area contributed by atoms with E-state index in [2.05, 4.69) is 24.2 Å². The molecule has 0 saturated carbocycles. The molecule has 1 aromatic rings. The van der Waals surface area contributed by atoms with Crippen molar-refractivity contribution in [2.45, 2.75) is 58.8 Å². The van der Waals surface area contributed by atoms with Gasteiger partial charge in [-0.05, 0) is 37.2 Å². The number of carbonyl (C=O) groups is 2. The molecule has 1 rings (SSSR count). The SMILES string of the molecule is CCCC[C@@H](CCC(CCC)C(N)=O)CNC(=O)N=Cc1ccccc1. The number of primary amides is 1. The van der Waals surface area contributed by atoms with E-state index in [1.54, 1.807) is 6.21 Å². The van der Waals surface area contributed by atoms with Crippen LogP contribution in [0.15, 0.2) is 35.3 Å². The molecule has 0 radical (unpaired) electrons. The monoisotopic (exact) mass is 359 g/mol. The summed E-state index contributed by atoms with van der Waals surface area (Å²) >= 11 is 0. The van der Waals surface area contributed by atoms with Crippen LogP contribution in [0.2, 0.25) is 0 Å². The quantitative estimate of drug-likeness (QED) is 0.545. The van der Waals surface area contributed by atoms with Gasteiger partial charge in [-0.1, -0.05) is 63.4 Å². The summed E-state index contributed by atoms with van der Waals surface area (Å²) in [5.74, 6) is 0.0815. The molecule has 0 aliphatic carbocycles. The van der Waals surface area contributed by atoms with E-state index in [-0.39, 0.29) is 17.9 Å². The Labute approximate surface area is 157 Å². The molecule has 1 aromatic carbocycles. The average Bonchev–Trinajstić information content (AvgIpc) is 2.65. The third-order valence-electron chi connectivity index (χ3n) is 4.60. The molecule has 0 bridgehead atoms. The van der Waals surface area contributed by atoms with Crippen molar-refractivity contribution in [3.05, 3.63) is 35.9 Å². The number of hydrogen-bond acceptors (Lipinski definition) is 2. The molecule has 2 atom stereocenters. The van der Waals surface area contributed by atoms with Gasteiger partial charge in [0.05, 0.1) is 0 Å². The highest BCUT2D eigenvalue weighted by atomic mass is 16.2. The summed E-state index contributed by atoms with van der Waals surface area (Å²) in [4.78, 5) is 27.4. The average molecular weight is 360 g/mol. The van der Waals surface area contributed by atoms with E-state index < -0.39 is 0 Å². The second-order valence-corrected chi connectivity index (χ2v) is 6.83. The maximum atomic E-state index is 12.0. The number of aliphatic imine (C=N–C) groups is 1. The van der Waals surface area contributed by atoms with Crippen molar-refractivity contribution in [3.8, 4) is 0 Å². The Bertz CT molecular complexity index is 558. The number of urea groups is 1. The lowest BCUT2D eigenvalue weighted by Crippen LogP contribution is -2.29. The van der Waals surface area contributed by atoms with E-state index in [1.165, 1.54) is 0 Å². The van der Waals surface area contributed by atoms with E-state index in [9.17, 15) is 9.59 Å². The third kappa shape index (κ3) is 9.35. The molecule has 0 spiro atoms. The zero-order chi connectivity index (χ0) is 19.2. The van der Waals surface area contributed by atoms with Crippen molar-refractivity contribution in [2.24, 2.45) is 22.6 Å². The summed E-state index contributed by atoms with van der Waals surface area (Å²) < 4.78 is 0. The summed E-state index contributed by atoms with van der Waals surface area (Å²) in [6.07, 6.45) is 8.32. The van der Waals surface area contributed by atoms with Gasteiger partial charge in [-0.25, -0.2) is 9.79 Å². The van der Waals surface area contributed by atoms with Crippen molar-refractivity contribution in [1.29, 1.82) is 0 Å². The largest absolute Gasteiger partial charge is 0.369 e. The molecule has 3 amide bonds. The normalized spacial score (nSPS) is 13.5. The fourth-order valence-corrected chi connectivity index (χ4v) is 3.01. The lowest BCUT2D eigenvalue weighted by atomic mass is 9.89. The standard InChI is InChI=1S/C21H33N3O2/c1-3-5-10-18(13-14-19(9-4-2)20(22)25)16-24-21(26)23-15-17-11-7-6-8-12-17/h6-8,11-12,15,18-19H,3-5,9-10,13-14,16H2,1-2H3,(H2,22,25)(H,24,26)/t18-,19?/m0/s1. The van der Waals surface area contributed by atoms with Crippen molar-refractivity contribution < 1.29 is 9.59 Å². The minimum absolute atomic E-state index is 0.0593. The Morgan fingerprint density at radius 1 is 1.08 bits per heavy atom. The highest BCUT2D eigenvalue weighted by Crippen LogP contribution is 2.20. The molecule has 26 heavy (non-hydrogen) atoms. The van der Waals surface area contributed by atoms with Crippen LogP contribution in [0.5, 0.6) is 0 Å². The van der Waals surface area contributed by atoms with E-state index in [4.69, 9.17) is 5.73 Å². The van der Waals surface area contributed by atoms with Gasteiger partial charge in [0.2, 0.25) is 5.91 Å². The zero-order valence-corrected chi connectivity index (χ0v) is 16.1. The zero-order valence-electron chi connectivity index (χ0n) is 16.1. The number of unbranched alkanes of at least 4 members (excludes halogenated alkanes) is 1. The highest BCUT2D eigenvalue weighted by Gasteiger charge is 2.17. The molecule has 5 heteroatoms. The Balaban J connectivity index is 2.48. The van der Waals surface area contributed by atoms with Gasteiger partial charge in [-0.15, -0.1) is 0 Å². The van der Waals surface area contributed by atoms with Crippen molar-refractivity contribution in [3.63, 3.8) is 0 Å². The van der Waals surface area contributed by atoms with Gasteiger partial charge in [0.15, 0.2) is 0 Å².